The van der Waals surface area contributed by atoms with E-state index in [9.17, 15) is 4.79 Å². The molecule has 0 aliphatic heterocycles. The van der Waals surface area contributed by atoms with Crippen molar-refractivity contribution < 1.29 is 14.3 Å². The molecule has 0 bridgehead atoms. The normalized spacial score (nSPS) is 10.1. The zero-order valence-electron chi connectivity index (χ0n) is 9.86. The smallest absolute Gasteiger partial charge is 0.188 e. The molecule has 0 heterocycles. The Balaban J connectivity index is 2.57. The first-order valence-electron chi connectivity index (χ1n) is 5.61. The maximum Gasteiger partial charge on any atom is 0.188 e. The molecular weight excluding hydrogens is 204 g/mol. The Hall–Kier alpha value is -1.35. The molecule has 1 aromatic rings. The molecule has 1 rings (SSSR count). The summed E-state index contributed by atoms with van der Waals surface area (Å²) in [5, 5.41) is 0. The SMILES string of the molecule is CCCOCC(=O)c1cccc(OCC)c1. The molecule has 0 radical (unpaired) electrons. The Bertz CT molecular complexity index is 334. The lowest BCUT2D eigenvalue weighted by Gasteiger charge is -2.05. The zero-order valence-corrected chi connectivity index (χ0v) is 9.86. The third kappa shape index (κ3) is 4.03. The number of carbonyl (C=O) groups excluding carboxylic acids is 1. The van der Waals surface area contributed by atoms with Crippen molar-refractivity contribution in [2.24, 2.45) is 0 Å². The van der Waals surface area contributed by atoms with E-state index < -0.39 is 0 Å². The summed E-state index contributed by atoms with van der Waals surface area (Å²) in [6.07, 6.45) is 0.923. The van der Waals surface area contributed by atoms with Crippen molar-refractivity contribution in [1.29, 1.82) is 0 Å². The fraction of sp³-hybridized carbons (Fsp3) is 0.462. The predicted octanol–water partition coefficient (Wildman–Crippen LogP) is 2.69. The number of carbonyl (C=O) groups is 1. The Kier molecular flexibility index (Phi) is 5.57. The largest absolute Gasteiger partial charge is 0.494 e. The molecule has 1 aromatic carbocycles. The van der Waals surface area contributed by atoms with Crippen molar-refractivity contribution in [3.63, 3.8) is 0 Å². The molecule has 0 aromatic heterocycles. The van der Waals surface area contributed by atoms with E-state index in [1.165, 1.54) is 0 Å². The van der Waals surface area contributed by atoms with Crippen LogP contribution in [0.2, 0.25) is 0 Å². The highest BCUT2D eigenvalue weighted by Crippen LogP contribution is 2.13. The average Bonchev–Trinajstić information content (AvgIpc) is 2.30. The number of ketones is 1. The molecule has 0 spiro atoms. The Morgan fingerprint density at radius 3 is 2.81 bits per heavy atom. The van der Waals surface area contributed by atoms with Crippen LogP contribution in [-0.4, -0.2) is 25.6 Å². The van der Waals surface area contributed by atoms with E-state index in [0.717, 1.165) is 12.2 Å². The van der Waals surface area contributed by atoms with Crippen molar-refractivity contribution >= 4 is 5.78 Å². The van der Waals surface area contributed by atoms with Crippen LogP contribution >= 0.6 is 0 Å². The molecule has 0 saturated carbocycles. The van der Waals surface area contributed by atoms with Crippen LogP contribution in [0.15, 0.2) is 24.3 Å². The summed E-state index contributed by atoms with van der Waals surface area (Å²) >= 11 is 0. The first-order valence-corrected chi connectivity index (χ1v) is 5.61. The van der Waals surface area contributed by atoms with Gasteiger partial charge in [0, 0.05) is 12.2 Å². The molecule has 3 nitrogen and oxygen atoms in total. The van der Waals surface area contributed by atoms with Crippen molar-refractivity contribution in [2.75, 3.05) is 19.8 Å². The van der Waals surface area contributed by atoms with Gasteiger partial charge in [0.25, 0.3) is 0 Å². The monoisotopic (exact) mass is 222 g/mol. The number of rotatable bonds is 7. The van der Waals surface area contributed by atoms with E-state index in [1.807, 2.05) is 26.0 Å². The Morgan fingerprint density at radius 1 is 1.31 bits per heavy atom. The van der Waals surface area contributed by atoms with Gasteiger partial charge in [0.05, 0.1) is 6.61 Å². The standard InChI is InChI=1S/C13H18O3/c1-3-8-15-10-13(14)11-6-5-7-12(9-11)16-4-2/h5-7,9H,3-4,8,10H2,1-2H3. The van der Waals surface area contributed by atoms with Crippen LogP contribution in [0.4, 0.5) is 0 Å². The number of benzene rings is 1. The number of ether oxygens (including phenoxy) is 2. The van der Waals surface area contributed by atoms with E-state index in [2.05, 4.69) is 0 Å². The van der Waals surface area contributed by atoms with Gasteiger partial charge in [-0.1, -0.05) is 19.1 Å². The minimum atomic E-state index is -0.00463. The van der Waals surface area contributed by atoms with Gasteiger partial charge in [0.1, 0.15) is 12.4 Å². The highest BCUT2D eigenvalue weighted by Gasteiger charge is 2.06. The Labute approximate surface area is 96.4 Å². The topological polar surface area (TPSA) is 35.5 Å². The number of Topliss-reactive ketones (excluding diaryl/α,β-unsaturated/α-hetero) is 1. The second-order valence-electron chi connectivity index (χ2n) is 3.44. The molecule has 0 N–H and O–H groups in total. The summed E-state index contributed by atoms with van der Waals surface area (Å²) in [5.41, 5.74) is 0.641. The van der Waals surface area contributed by atoms with Crippen molar-refractivity contribution in [2.45, 2.75) is 20.3 Å². The molecule has 0 atom stereocenters. The predicted molar refractivity (Wildman–Crippen MR) is 63.1 cm³/mol. The molecular formula is C13H18O3. The van der Waals surface area contributed by atoms with Gasteiger partial charge in [-0.3, -0.25) is 4.79 Å². The fourth-order valence-electron chi connectivity index (χ4n) is 1.32. The van der Waals surface area contributed by atoms with E-state index in [4.69, 9.17) is 9.47 Å². The third-order valence-corrected chi connectivity index (χ3v) is 2.05. The summed E-state index contributed by atoms with van der Waals surface area (Å²) in [4.78, 5) is 11.7. The summed E-state index contributed by atoms with van der Waals surface area (Å²) in [6.45, 7) is 5.29. The fourth-order valence-corrected chi connectivity index (χ4v) is 1.32. The van der Waals surface area contributed by atoms with E-state index in [1.54, 1.807) is 12.1 Å². The van der Waals surface area contributed by atoms with E-state index in [0.29, 0.717) is 18.8 Å². The molecule has 0 aliphatic rings. The second-order valence-corrected chi connectivity index (χ2v) is 3.44. The maximum atomic E-state index is 11.7. The van der Waals surface area contributed by atoms with Gasteiger partial charge < -0.3 is 9.47 Å². The maximum absolute atomic E-state index is 11.7. The second kappa shape index (κ2) is 7.01. The lowest BCUT2D eigenvalue weighted by molar-refractivity contribution is 0.0761. The summed E-state index contributed by atoms with van der Waals surface area (Å²) in [7, 11) is 0. The number of hydrogen-bond acceptors (Lipinski definition) is 3. The number of hydrogen-bond donors (Lipinski definition) is 0. The van der Waals surface area contributed by atoms with Crippen LogP contribution in [-0.2, 0) is 4.74 Å². The quantitative estimate of drug-likeness (QED) is 0.525. The lowest BCUT2D eigenvalue weighted by atomic mass is 10.1. The van der Waals surface area contributed by atoms with Crippen LogP contribution < -0.4 is 4.74 Å². The van der Waals surface area contributed by atoms with Gasteiger partial charge in [-0.25, -0.2) is 0 Å². The lowest BCUT2D eigenvalue weighted by Crippen LogP contribution is -2.09. The first-order chi connectivity index (χ1) is 7.77. The highest BCUT2D eigenvalue weighted by molar-refractivity contribution is 5.97. The third-order valence-electron chi connectivity index (χ3n) is 2.05. The van der Waals surface area contributed by atoms with Gasteiger partial charge in [-0.2, -0.15) is 0 Å². The van der Waals surface area contributed by atoms with Crippen LogP contribution in [0, 0.1) is 0 Å². The Morgan fingerprint density at radius 2 is 2.12 bits per heavy atom. The van der Waals surface area contributed by atoms with Crippen LogP contribution in [0.5, 0.6) is 5.75 Å². The average molecular weight is 222 g/mol. The molecule has 3 heteroatoms. The van der Waals surface area contributed by atoms with Crippen molar-refractivity contribution in [3.8, 4) is 5.75 Å². The van der Waals surface area contributed by atoms with Gasteiger partial charge in [0.2, 0.25) is 0 Å². The minimum absolute atomic E-state index is 0.00463. The molecule has 0 saturated heterocycles. The van der Waals surface area contributed by atoms with E-state index >= 15 is 0 Å². The minimum Gasteiger partial charge on any atom is -0.494 e. The van der Waals surface area contributed by atoms with Crippen molar-refractivity contribution in [3.05, 3.63) is 29.8 Å². The molecule has 16 heavy (non-hydrogen) atoms. The molecule has 0 fully saturated rings. The first kappa shape index (κ1) is 12.7. The molecule has 0 aliphatic carbocycles. The summed E-state index contributed by atoms with van der Waals surface area (Å²) in [5.74, 6) is 0.721. The summed E-state index contributed by atoms with van der Waals surface area (Å²) in [6, 6.07) is 7.19. The molecule has 0 unspecified atom stereocenters. The molecule has 88 valence electrons. The van der Waals surface area contributed by atoms with Crippen molar-refractivity contribution in [1.82, 2.24) is 0 Å². The summed E-state index contributed by atoms with van der Waals surface area (Å²) < 4.78 is 10.5. The molecule has 0 amide bonds. The van der Waals surface area contributed by atoms with Gasteiger partial charge in [0.15, 0.2) is 5.78 Å². The highest BCUT2D eigenvalue weighted by atomic mass is 16.5. The van der Waals surface area contributed by atoms with Crippen LogP contribution in [0.25, 0.3) is 0 Å². The zero-order chi connectivity index (χ0) is 11.8. The van der Waals surface area contributed by atoms with Gasteiger partial charge in [-0.05, 0) is 25.5 Å². The van der Waals surface area contributed by atoms with Crippen LogP contribution in [0.3, 0.4) is 0 Å². The van der Waals surface area contributed by atoms with Gasteiger partial charge >= 0.3 is 0 Å². The van der Waals surface area contributed by atoms with Crippen LogP contribution in [0.1, 0.15) is 30.6 Å². The van der Waals surface area contributed by atoms with Gasteiger partial charge in [-0.15, -0.1) is 0 Å². The van der Waals surface area contributed by atoms with E-state index in [-0.39, 0.29) is 12.4 Å².